The lowest BCUT2D eigenvalue weighted by molar-refractivity contribution is 0.0627. The van der Waals surface area contributed by atoms with Crippen LogP contribution in [0.1, 0.15) is 22.3 Å². The number of halogens is 1. The third-order valence-electron chi connectivity index (χ3n) is 4.87. The molecule has 31 heavy (non-hydrogen) atoms. The van der Waals surface area contributed by atoms with Crippen molar-refractivity contribution in [1.29, 1.82) is 5.41 Å². The summed E-state index contributed by atoms with van der Waals surface area (Å²) in [6.45, 7) is 4.62. The molecule has 1 aliphatic rings. The quantitative estimate of drug-likeness (QED) is 0.237. The minimum absolute atomic E-state index is 0.0410. The number of ether oxygens (including phenoxy) is 1. The molecular formula is C22H28ClN5O3. The molecule has 1 heterocycles. The number of piperazine rings is 1. The first-order valence-electron chi connectivity index (χ1n) is 10.2. The highest BCUT2D eigenvalue weighted by Crippen LogP contribution is 2.23. The van der Waals surface area contributed by atoms with Gasteiger partial charge in [0.05, 0.1) is 13.2 Å². The molecule has 1 fully saturated rings. The summed E-state index contributed by atoms with van der Waals surface area (Å²) in [6.07, 6.45) is 0.583. The van der Waals surface area contributed by atoms with Crippen molar-refractivity contribution in [3.8, 4) is 5.75 Å². The van der Waals surface area contributed by atoms with Crippen molar-refractivity contribution < 1.29 is 14.4 Å². The van der Waals surface area contributed by atoms with Gasteiger partial charge >= 0.3 is 0 Å². The number of benzene rings is 2. The number of amides is 1. The van der Waals surface area contributed by atoms with Gasteiger partial charge in [0.25, 0.3) is 5.91 Å². The van der Waals surface area contributed by atoms with Crippen molar-refractivity contribution in [3.63, 3.8) is 0 Å². The third-order valence-corrected chi connectivity index (χ3v) is 5.09. The second kappa shape index (κ2) is 11.5. The highest BCUT2D eigenvalue weighted by molar-refractivity contribution is 6.31. The molecule has 1 amide bonds. The van der Waals surface area contributed by atoms with Crippen molar-refractivity contribution in [2.45, 2.75) is 13.0 Å². The molecule has 0 atom stereocenters. The number of carbonyl (C=O) groups excluding carboxylic acids is 1. The normalized spacial score (nSPS) is 14.3. The van der Waals surface area contributed by atoms with E-state index in [0.717, 1.165) is 19.6 Å². The lowest BCUT2D eigenvalue weighted by Crippen LogP contribution is -2.48. The molecule has 0 unspecified atom stereocenters. The van der Waals surface area contributed by atoms with Crippen molar-refractivity contribution in [2.24, 2.45) is 5.73 Å². The Morgan fingerprint density at radius 1 is 1.10 bits per heavy atom. The van der Waals surface area contributed by atoms with Gasteiger partial charge in [-0.2, -0.15) is 0 Å². The second-order valence-electron chi connectivity index (χ2n) is 7.30. The molecule has 0 spiro atoms. The van der Waals surface area contributed by atoms with Gasteiger partial charge in [-0.25, -0.2) is 5.48 Å². The first kappa shape index (κ1) is 22.9. The van der Waals surface area contributed by atoms with Gasteiger partial charge in [-0.1, -0.05) is 41.9 Å². The molecule has 0 saturated carbocycles. The maximum absolute atomic E-state index is 13.0. The zero-order valence-corrected chi connectivity index (χ0v) is 18.1. The van der Waals surface area contributed by atoms with Crippen LogP contribution in [0.2, 0.25) is 5.02 Å². The Bertz CT molecular complexity index is 873. The van der Waals surface area contributed by atoms with Gasteiger partial charge in [-0.15, -0.1) is 0 Å². The Kier molecular flexibility index (Phi) is 8.52. The summed E-state index contributed by atoms with van der Waals surface area (Å²) in [6, 6.07) is 15.4. The topological polar surface area (TPSA) is 104 Å². The number of carbonyl (C=O) groups is 1. The van der Waals surface area contributed by atoms with Gasteiger partial charge < -0.3 is 15.4 Å². The van der Waals surface area contributed by atoms with Gasteiger partial charge in [0.2, 0.25) is 5.96 Å². The van der Waals surface area contributed by atoms with E-state index in [4.69, 9.17) is 32.3 Å². The molecule has 166 valence electrons. The highest BCUT2D eigenvalue weighted by atomic mass is 35.5. The Morgan fingerprint density at radius 3 is 2.55 bits per heavy atom. The van der Waals surface area contributed by atoms with Crippen LogP contribution in [0.5, 0.6) is 5.75 Å². The van der Waals surface area contributed by atoms with E-state index in [2.05, 4.69) is 22.5 Å². The van der Waals surface area contributed by atoms with E-state index in [1.165, 1.54) is 5.56 Å². The zero-order chi connectivity index (χ0) is 22.1. The number of nitrogens with one attached hydrogen (secondary N) is 2. The van der Waals surface area contributed by atoms with Crippen molar-refractivity contribution in [2.75, 3.05) is 39.4 Å². The van der Waals surface area contributed by atoms with Crippen molar-refractivity contribution >= 4 is 23.5 Å². The molecule has 4 N–H and O–H groups in total. The van der Waals surface area contributed by atoms with Crippen LogP contribution in [0.4, 0.5) is 0 Å². The summed E-state index contributed by atoms with van der Waals surface area (Å²) in [5.41, 5.74) is 9.19. The van der Waals surface area contributed by atoms with Crippen LogP contribution in [0.25, 0.3) is 0 Å². The van der Waals surface area contributed by atoms with E-state index < -0.39 is 0 Å². The predicted molar refractivity (Wildman–Crippen MR) is 120 cm³/mol. The van der Waals surface area contributed by atoms with E-state index in [-0.39, 0.29) is 11.9 Å². The molecule has 2 aromatic rings. The third kappa shape index (κ3) is 7.43. The molecule has 1 aliphatic heterocycles. The number of hydrogen-bond acceptors (Lipinski definition) is 5. The maximum Gasteiger partial charge on any atom is 0.254 e. The van der Waals surface area contributed by atoms with Crippen LogP contribution in [0, 0.1) is 5.41 Å². The summed E-state index contributed by atoms with van der Waals surface area (Å²) in [5.74, 6) is 0.249. The summed E-state index contributed by atoms with van der Waals surface area (Å²) in [4.78, 5) is 22.2. The number of nitrogens with two attached hydrogens (primary N) is 1. The van der Waals surface area contributed by atoms with Gasteiger partial charge in [0.1, 0.15) is 5.75 Å². The highest BCUT2D eigenvalue weighted by Gasteiger charge is 2.23. The lowest BCUT2D eigenvalue weighted by atomic mass is 10.1. The number of rotatable bonds is 9. The maximum atomic E-state index is 13.0. The molecule has 3 rings (SSSR count). The Balaban J connectivity index is 1.48. The van der Waals surface area contributed by atoms with E-state index in [9.17, 15) is 4.79 Å². The number of hydroxylamine groups is 1. The molecule has 0 bridgehead atoms. The second-order valence-corrected chi connectivity index (χ2v) is 7.73. The van der Waals surface area contributed by atoms with E-state index in [1.807, 2.05) is 23.1 Å². The minimum atomic E-state index is -0.250. The first-order chi connectivity index (χ1) is 15.0. The molecule has 9 heteroatoms. The van der Waals surface area contributed by atoms with Crippen LogP contribution in [-0.2, 0) is 11.4 Å². The number of nitrogens with zero attached hydrogens (tertiary/aromatic N) is 2. The Hall–Kier alpha value is -2.81. The van der Waals surface area contributed by atoms with Crippen LogP contribution in [-0.4, -0.2) is 61.1 Å². The van der Waals surface area contributed by atoms with Crippen LogP contribution in [0.15, 0.2) is 48.5 Å². The fourth-order valence-corrected chi connectivity index (χ4v) is 3.58. The summed E-state index contributed by atoms with van der Waals surface area (Å²) < 4.78 is 5.70. The monoisotopic (exact) mass is 445 g/mol. The SMILES string of the molecule is N=C(N)NOCCCOc1cc(Cl)cc(C(=O)N2CCN(Cc3ccccc3)CC2)c1. The Labute approximate surface area is 187 Å². The van der Waals surface area contributed by atoms with E-state index >= 15 is 0 Å². The molecule has 1 saturated heterocycles. The molecule has 0 aromatic heterocycles. The average molecular weight is 446 g/mol. The number of guanidine groups is 1. The van der Waals surface area contributed by atoms with Gasteiger partial charge in [0.15, 0.2) is 0 Å². The molecule has 2 aromatic carbocycles. The average Bonchev–Trinajstić information content (AvgIpc) is 2.76. The smallest absolute Gasteiger partial charge is 0.254 e. The molecule has 0 radical (unpaired) electrons. The minimum Gasteiger partial charge on any atom is -0.493 e. The molecule has 0 aliphatic carbocycles. The lowest BCUT2D eigenvalue weighted by Gasteiger charge is -2.34. The van der Waals surface area contributed by atoms with E-state index in [1.54, 1.807) is 18.2 Å². The zero-order valence-electron chi connectivity index (χ0n) is 17.4. The van der Waals surface area contributed by atoms with Crippen LogP contribution >= 0.6 is 11.6 Å². The van der Waals surface area contributed by atoms with Crippen LogP contribution < -0.4 is 16.0 Å². The molecule has 8 nitrogen and oxygen atoms in total. The fraction of sp³-hybridized carbons (Fsp3) is 0.364. The largest absolute Gasteiger partial charge is 0.493 e. The summed E-state index contributed by atoms with van der Waals surface area (Å²) in [7, 11) is 0. The summed E-state index contributed by atoms with van der Waals surface area (Å²) >= 11 is 6.21. The van der Waals surface area contributed by atoms with Gasteiger partial charge in [0, 0.05) is 49.7 Å². The van der Waals surface area contributed by atoms with Crippen molar-refractivity contribution in [1.82, 2.24) is 15.3 Å². The molecular weight excluding hydrogens is 418 g/mol. The standard InChI is InChI=1S/C22H28ClN5O3/c23-19-13-18(14-20(15-19)30-11-4-12-31-26-22(24)25)21(29)28-9-7-27(8-10-28)16-17-5-2-1-3-6-17/h1-3,5-6,13-15H,4,7-12,16H2,(H4,24,25,26). The fourth-order valence-electron chi connectivity index (χ4n) is 3.35. The first-order valence-corrected chi connectivity index (χ1v) is 10.6. The number of hydrogen-bond donors (Lipinski definition) is 3. The predicted octanol–water partition coefficient (Wildman–Crippen LogP) is 2.48. The van der Waals surface area contributed by atoms with Gasteiger partial charge in [-0.05, 0) is 23.8 Å². The van der Waals surface area contributed by atoms with E-state index in [0.29, 0.717) is 49.1 Å². The van der Waals surface area contributed by atoms with Gasteiger partial charge in [-0.3, -0.25) is 19.9 Å². The Morgan fingerprint density at radius 2 is 1.84 bits per heavy atom. The van der Waals surface area contributed by atoms with Crippen molar-refractivity contribution in [3.05, 3.63) is 64.7 Å². The summed E-state index contributed by atoms with van der Waals surface area (Å²) in [5, 5.41) is 7.46. The van der Waals surface area contributed by atoms with Crippen LogP contribution in [0.3, 0.4) is 0 Å².